The Kier molecular flexibility index (Phi) is 7.15. The lowest BCUT2D eigenvalue weighted by atomic mass is 10.00. The average molecular weight is 489 g/mol. The van der Waals surface area contributed by atoms with E-state index in [4.69, 9.17) is 9.16 Å². The second kappa shape index (κ2) is 9.95. The molecule has 2 aromatic heterocycles. The lowest BCUT2D eigenvalue weighted by Gasteiger charge is -2.42. The summed E-state index contributed by atoms with van der Waals surface area (Å²) in [5.41, 5.74) is 5.13. The second-order valence-electron chi connectivity index (χ2n) is 10.3. The molecule has 1 N–H and O–H groups in total. The molecule has 0 aliphatic heterocycles. The maximum atomic E-state index is 13.4. The first-order valence-electron chi connectivity index (χ1n) is 12.4. The maximum Gasteiger partial charge on any atom is 0.258 e. The SMILES string of the molecule is COCc1c(C(=O)c2ccccc2)ncc2[nH]c3ccc(O[Si](C(C)C)(C(C)C)C(C)C)cc3c12. The van der Waals surface area contributed by atoms with Gasteiger partial charge in [0.1, 0.15) is 11.4 Å². The largest absolute Gasteiger partial charge is 0.543 e. The highest BCUT2D eigenvalue weighted by Crippen LogP contribution is 2.43. The molecule has 6 heteroatoms. The van der Waals surface area contributed by atoms with E-state index in [2.05, 4.69) is 69.7 Å². The number of rotatable bonds is 9. The van der Waals surface area contributed by atoms with Crippen LogP contribution in [0.5, 0.6) is 5.75 Å². The summed E-state index contributed by atoms with van der Waals surface area (Å²) in [4.78, 5) is 21.4. The predicted molar refractivity (Wildman–Crippen MR) is 146 cm³/mol. The van der Waals surface area contributed by atoms with E-state index in [0.717, 1.165) is 33.1 Å². The summed E-state index contributed by atoms with van der Waals surface area (Å²) >= 11 is 0. The van der Waals surface area contributed by atoms with Crippen molar-refractivity contribution in [3.05, 3.63) is 71.5 Å². The highest BCUT2D eigenvalue weighted by Gasteiger charge is 2.47. The van der Waals surface area contributed by atoms with Gasteiger partial charge in [-0.15, -0.1) is 0 Å². The fourth-order valence-corrected chi connectivity index (χ4v) is 11.0. The van der Waals surface area contributed by atoms with Crippen LogP contribution in [0.15, 0.2) is 54.7 Å². The van der Waals surface area contributed by atoms with E-state index in [1.807, 2.05) is 30.3 Å². The van der Waals surface area contributed by atoms with Crippen LogP contribution in [0.1, 0.15) is 63.2 Å². The van der Waals surface area contributed by atoms with Crippen LogP contribution in [0.4, 0.5) is 0 Å². The summed E-state index contributed by atoms with van der Waals surface area (Å²) in [6.07, 6.45) is 1.75. The van der Waals surface area contributed by atoms with Crippen LogP contribution in [0.3, 0.4) is 0 Å². The monoisotopic (exact) mass is 488 g/mol. The van der Waals surface area contributed by atoms with Gasteiger partial charge in [-0.3, -0.25) is 9.78 Å². The number of ether oxygens (including phenoxy) is 1. The van der Waals surface area contributed by atoms with Crippen molar-refractivity contribution in [2.24, 2.45) is 0 Å². The van der Waals surface area contributed by atoms with Gasteiger partial charge in [0.05, 0.1) is 18.3 Å². The van der Waals surface area contributed by atoms with E-state index in [9.17, 15) is 4.79 Å². The number of carbonyl (C=O) groups excluding carboxylic acids is 1. The minimum atomic E-state index is -2.11. The van der Waals surface area contributed by atoms with Crippen molar-refractivity contribution < 1.29 is 14.0 Å². The third-order valence-electron chi connectivity index (χ3n) is 7.25. The van der Waals surface area contributed by atoms with Crippen LogP contribution < -0.4 is 4.43 Å². The molecule has 4 rings (SSSR count). The first-order chi connectivity index (χ1) is 16.7. The topological polar surface area (TPSA) is 64.2 Å². The Morgan fingerprint density at radius 1 is 0.943 bits per heavy atom. The summed E-state index contributed by atoms with van der Waals surface area (Å²) in [6.45, 7) is 14.0. The Balaban J connectivity index is 1.90. The zero-order valence-electron chi connectivity index (χ0n) is 21.8. The molecule has 2 heterocycles. The number of hydrogen-bond acceptors (Lipinski definition) is 4. The van der Waals surface area contributed by atoms with Gasteiger partial charge in [0.15, 0.2) is 0 Å². The molecule has 0 aliphatic rings. The number of H-pyrrole nitrogens is 1. The Bertz CT molecular complexity index is 1320. The van der Waals surface area contributed by atoms with Gasteiger partial charge in [-0.2, -0.15) is 0 Å². The van der Waals surface area contributed by atoms with Gasteiger partial charge in [-0.25, -0.2) is 0 Å². The molecule has 184 valence electrons. The van der Waals surface area contributed by atoms with E-state index in [0.29, 0.717) is 34.5 Å². The van der Waals surface area contributed by atoms with Crippen LogP contribution in [-0.4, -0.2) is 31.2 Å². The van der Waals surface area contributed by atoms with Crippen molar-refractivity contribution >= 4 is 35.9 Å². The molecule has 0 fully saturated rings. The number of pyridine rings is 1. The minimum Gasteiger partial charge on any atom is -0.543 e. The molecule has 0 bridgehead atoms. The summed E-state index contributed by atoms with van der Waals surface area (Å²) in [6, 6.07) is 15.5. The number of carbonyl (C=O) groups is 1. The number of nitrogens with one attached hydrogen (secondary N) is 1. The molecule has 0 spiro atoms. The van der Waals surface area contributed by atoms with Crippen molar-refractivity contribution in [1.82, 2.24) is 9.97 Å². The van der Waals surface area contributed by atoms with Crippen LogP contribution in [0, 0.1) is 0 Å². The third-order valence-corrected chi connectivity index (χ3v) is 13.3. The number of benzene rings is 2. The van der Waals surface area contributed by atoms with Crippen molar-refractivity contribution in [1.29, 1.82) is 0 Å². The molecule has 5 nitrogen and oxygen atoms in total. The molecular weight excluding hydrogens is 452 g/mol. The van der Waals surface area contributed by atoms with E-state index < -0.39 is 8.32 Å². The predicted octanol–water partition coefficient (Wildman–Crippen LogP) is 7.65. The number of aromatic nitrogens is 2. The molecule has 0 aliphatic carbocycles. The molecule has 0 saturated heterocycles. The van der Waals surface area contributed by atoms with Crippen molar-refractivity contribution in [2.75, 3.05) is 7.11 Å². The first kappa shape index (κ1) is 25.1. The van der Waals surface area contributed by atoms with Crippen molar-refractivity contribution in [3.8, 4) is 5.75 Å². The number of ketones is 1. The third kappa shape index (κ3) is 4.41. The Labute approximate surface area is 209 Å². The zero-order chi connectivity index (χ0) is 25.3. The lowest BCUT2D eigenvalue weighted by Crippen LogP contribution is -2.50. The fourth-order valence-electron chi connectivity index (χ4n) is 5.77. The standard InChI is InChI=1S/C29H36N2O3Si/c1-18(2)35(19(3)4,20(5)6)34-22-13-14-25-23(15-22)27-24(17-33-7)28(30-16-26(27)31-25)29(32)21-11-9-8-10-12-21/h8-16,18-20,31H,17H2,1-7H3. The first-order valence-corrected chi connectivity index (χ1v) is 14.6. The number of methoxy groups -OCH3 is 1. The number of nitrogens with zero attached hydrogens (tertiary/aromatic N) is 1. The number of fused-ring (bicyclic) bond motifs is 3. The second-order valence-corrected chi connectivity index (χ2v) is 15.6. The lowest BCUT2D eigenvalue weighted by molar-refractivity contribution is 0.102. The van der Waals surface area contributed by atoms with Crippen LogP contribution in [-0.2, 0) is 11.3 Å². The Hall–Kier alpha value is -2.96. The highest BCUT2D eigenvalue weighted by molar-refractivity contribution is 6.78. The molecule has 0 saturated carbocycles. The highest BCUT2D eigenvalue weighted by atomic mass is 28.4. The molecule has 0 atom stereocenters. The van der Waals surface area contributed by atoms with Gasteiger partial charge in [0, 0.05) is 34.5 Å². The summed E-state index contributed by atoms with van der Waals surface area (Å²) in [5.74, 6) is 0.782. The van der Waals surface area contributed by atoms with Crippen molar-refractivity contribution in [3.63, 3.8) is 0 Å². The van der Waals surface area contributed by atoms with Crippen LogP contribution >= 0.6 is 0 Å². The zero-order valence-corrected chi connectivity index (χ0v) is 22.8. The number of hydrogen-bond donors (Lipinski definition) is 1. The van der Waals surface area contributed by atoms with Crippen molar-refractivity contribution in [2.45, 2.75) is 64.8 Å². The van der Waals surface area contributed by atoms with E-state index >= 15 is 0 Å². The van der Waals surface area contributed by atoms with E-state index in [1.165, 1.54) is 0 Å². The molecule has 0 amide bonds. The summed E-state index contributed by atoms with van der Waals surface area (Å²) < 4.78 is 12.5. The molecule has 35 heavy (non-hydrogen) atoms. The minimum absolute atomic E-state index is 0.104. The molecule has 0 unspecified atom stereocenters. The van der Waals surface area contributed by atoms with Gasteiger partial charge >= 0.3 is 0 Å². The Morgan fingerprint density at radius 3 is 2.20 bits per heavy atom. The van der Waals surface area contributed by atoms with Gasteiger partial charge < -0.3 is 14.1 Å². The number of aromatic amines is 1. The normalized spacial score (nSPS) is 12.4. The van der Waals surface area contributed by atoms with Crippen LogP contribution in [0.2, 0.25) is 16.6 Å². The smallest absolute Gasteiger partial charge is 0.258 e. The molecule has 0 radical (unpaired) electrons. The Morgan fingerprint density at radius 2 is 1.60 bits per heavy atom. The van der Waals surface area contributed by atoms with E-state index in [-0.39, 0.29) is 5.78 Å². The van der Waals surface area contributed by atoms with Gasteiger partial charge in [0.25, 0.3) is 8.32 Å². The van der Waals surface area contributed by atoms with Gasteiger partial charge in [-0.1, -0.05) is 71.9 Å². The summed E-state index contributed by atoms with van der Waals surface area (Å²) in [5, 5.41) is 1.99. The van der Waals surface area contributed by atoms with Crippen LogP contribution in [0.25, 0.3) is 21.8 Å². The van der Waals surface area contributed by atoms with E-state index in [1.54, 1.807) is 13.3 Å². The quantitative estimate of drug-likeness (QED) is 0.194. The molecule has 4 aromatic rings. The average Bonchev–Trinajstić information content (AvgIpc) is 3.20. The summed E-state index contributed by atoms with van der Waals surface area (Å²) in [7, 11) is -0.460. The molecule has 2 aromatic carbocycles. The fraction of sp³-hybridized carbons (Fsp3) is 0.379. The maximum absolute atomic E-state index is 13.4. The molecular formula is C29H36N2O3Si. The van der Waals surface area contributed by atoms with Gasteiger partial charge in [0.2, 0.25) is 5.78 Å². The van der Waals surface area contributed by atoms with Gasteiger partial charge in [-0.05, 0) is 34.8 Å².